The molecule has 0 amide bonds. The number of hydrogen-bond donors (Lipinski definition) is 1. The topological polar surface area (TPSA) is 57.9 Å². The highest BCUT2D eigenvalue weighted by atomic mass is 16.5. The van der Waals surface area contributed by atoms with Crippen molar-refractivity contribution in [1.29, 1.82) is 5.26 Å². The summed E-state index contributed by atoms with van der Waals surface area (Å²) >= 11 is 0. The lowest BCUT2D eigenvalue weighted by atomic mass is 10.2. The van der Waals surface area contributed by atoms with Gasteiger partial charge in [-0.05, 0) is 25.3 Å². The SMILES string of the molecule is COC1CCC(Nc2cnccc2C#N)C1. The van der Waals surface area contributed by atoms with E-state index in [1.807, 2.05) is 0 Å². The van der Waals surface area contributed by atoms with E-state index in [1.54, 1.807) is 25.6 Å². The van der Waals surface area contributed by atoms with Crippen LogP contribution in [0, 0.1) is 11.3 Å². The minimum absolute atomic E-state index is 0.347. The van der Waals surface area contributed by atoms with E-state index < -0.39 is 0 Å². The van der Waals surface area contributed by atoms with Gasteiger partial charge in [0.15, 0.2) is 0 Å². The van der Waals surface area contributed by atoms with Crippen LogP contribution in [-0.2, 0) is 4.74 Å². The minimum atomic E-state index is 0.347. The Kier molecular flexibility index (Phi) is 3.37. The number of hydrogen-bond acceptors (Lipinski definition) is 4. The van der Waals surface area contributed by atoms with E-state index in [1.165, 1.54) is 0 Å². The number of anilines is 1. The van der Waals surface area contributed by atoms with Crippen molar-refractivity contribution in [3.05, 3.63) is 24.0 Å². The third-order valence-electron chi connectivity index (χ3n) is 3.02. The maximum atomic E-state index is 8.95. The predicted molar refractivity (Wildman–Crippen MR) is 61.0 cm³/mol. The Morgan fingerprint density at radius 2 is 2.44 bits per heavy atom. The van der Waals surface area contributed by atoms with Crippen LogP contribution >= 0.6 is 0 Å². The van der Waals surface area contributed by atoms with Crippen LogP contribution in [0.3, 0.4) is 0 Å². The average molecular weight is 217 g/mol. The van der Waals surface area contributed by atoms with Gasteiger partial charge in [-0.2, -0.15) is 5.26 Å². The van der Waals surface area contributed by atoms with Crippen molar-refractivity contribution in [3.8, 4) is 6.07 Å². The molecule has 0 spiro atoms. The molecule has 4 nitrogen and oxygen atoms in total. The summed E-state index contributed by atoms with van der Waals surface area (Å²) in [5.41, 5.74) is 1.47. The van der Waals surface area contributed by atoms with E-state index in [-0.39, 0.29) is 0 Å². The van der Waals surface area contributed by atoms with Gasteiger partial charge in [-0.25, -0.2) is 0 Å². The molecule has 4 heteroatoms. The first-order valence-electron chi connectivity index (χ1n) is 5.47. The lowest BCUT2D eigenvalue weighted by Gasteiger charge is -2.14. The van der Waals surface area contributed by atoms with E-state index in [0.717, 1.165) is 24.9 Å². The number of nitrogens with zero attached hydrogens (tertiary/aromatic N) is 2. The van der Waals surface area contributed by atoms with Gasteiger partial charge in [-0.1, -0.05) is 0 Å². The van der Waals surface area contributed by atoms with Gasteiger partial charge in [0.25, 0.3) is 0 Å². The summed E-state index contributed by atoms with van der Waals surface area (Å²) in [5.74, 6) is 0. The van der Waals surface area contributed by atoms with Gasteiger partial charge in [-0.15, -0.1) is 0 Å². The maximum Gasteiger partial charge on any atom is 0.101 e. The molecule has 16 heavy (non-hydrogen) atoms. The van der Waals surface area contributed by atoms with E-state index >= 15 is 0 Å². The first-order chi connectivity index (χ1) is 7.83. The molecule has 2 rings (SSSR count). The third kappa shape index (κ3) is 2.31. The molecule has 0 aliphatic heterocycles. The van der Waals surface area contributed by atoms with E-state index in [2.05, 4.69) is 16.4 Å². The average Bonchev–Trinajstić information content (AvgIpc) is 2.77. The monoisotopic (exact) mass is 217 g/mol. The predicted octanol–water partition coefficient (Wildman–Crippen LogP) is 1.93. The number of ether oxygens (including phenoxy) is 1. The van der Waals surface area contributed by atoms with Crippen LogP contribution < -0.4 is 5.32 Å². The highest BCUT2D eigenvalue weighted by molar-refractivity contribution is 5.55. The molecule has 1 aromatic heterocycles. The third-order valence-corrected chi connectivity index (χ3v) is 3.02. The molecule has 0 aromatic carbocycles. The number of nitriles is 1. The molecular weight excluding hydrogens is 202 g/mol. The normalized spacial score (nSPS) is 24.0. The Bertz CT molecular complexity index is 399. The Labute approximate surface area is 95.3 Å². The molecule has 1 aliphatic rings. The van der Waals surface area contributed by atoms with Crippen molar-refractivity contribution in [1.82, 2.24) is 4.98 Å². The van der Waals surface area contributed by atoms with Gasteiger partial charge in [-0.3, -0.25) is 4.98 Å². The highest BCUT2D eigenvalue weighted by Crippen LogP contribution is 2.25. The molecule has 84 valence electrons. The summed E-state index contributed by atoms with van der Waals surface area (Å²) in [7, 11) is 1.75. The fraction of sp³-hybridized carbons (Fsp3) is 0.500. The van der Waals surface area contributed by atoms with Crippen LogP contribution in [0.2, 0.25) is 0 Å². The molecule has 1 N–H and O–H groups in total. The fourth-order valence-electron chi connectivity index (χ4n) is 2.11. The van der Waals surface area contributed by atoms with Crippen molar-refractivity contribution < 1.29 is 4.74 Å². The molecule has 0 radical (unpaired) electrons. The van der Waals surface area contributed by atoms with Crippen molar-refractivity contribution >= 4 is 5.69 Å². The van der Waals surface area contributed by atoms with Gasteiger partial charge in [0.05, 0.1) is 23.6 Å². The summed E-state index contributed by atoms with van der Waals surface area (Å²) < 4.78 is 5.32. The second-order valence-electron chi connectivity index (χ2n) is 4.05. The molecule has 1 fully saturated rings. The first kappa shape index (κ1) is 10.9. The Morgan fingerprint density at radius 1 is 1.56 bits per heavy atom. The molecule has 0 saturated heterocycles. The second kappa shape index (κ2) is 4.95. The minimum Gasteiger partial charge on any atom is -0.381 e. The molecule has 1 aromatic rings. The zero-order valence-electron chi connectivity index (χ0n) is 9.31. The standard InChI is InChI=1S/C12H15N3O/c1-16-11-3-2-10(6-11)15-12-8-14-5-4-9(12)7-13/h4-5,8,10-11,15H,2-3,6H2,1H3. The van der Waals surface area contributed by atoms with Gasteiger partial charge in [0, 0.05) is 19.3 Å². The summed E-state index contributed by atoms with van der Waals surface area (Å²) in [6.07, 6.45) is 6.85. The van der Waals surface area contributed by atoms with Crippen molar-refractivity contribution in [3.63, 3.8) is 0 Å². The van der Waals surface area contributed by atoms with Gasteiger partial charge in [0.1, 0.15) is 6.07 Å². The number of nitrogens with one attached hydrogen (secondary N) is 1. The largest absolute Gasteiger partial charge is 0.381 e. The van der Waals surface area contributed by atoms with Gasteiger partial charge >= 0.3 is 0 Å². The molecule has 2 atom stereocenters. The Morgan fingerprint density at radius 3 is 3.12 bits per heavy atom. The quantitative estimate of drug-likeness (QED) is 0.840. The zero-order chi connectivity index (χ0) is 11.4. The summed E-state index contributed by atoms with van der Waals surface area (Å²) in [6, 6.07) is 4.28. The maximum absolute atomic E-state index is 8.95. The van der Waals surface area contributed by atoms with E-state index in [9.17, 15) is 0 Å². The van der Waals surface area contributed by atoms with Crippen LogP contribution in [0.4, 0.5) is 5.69 Å². The van der Waals surface area contributed by atoms with Crippen LogP contribution in [-0.4, -0.2) is 24.2 Å². The van der Waals surface area contributed by atoms with E-state index in [0.29, 0.717) is 17.7 Å². The molecular formula is C12H15N3O. The molecule has 0 bridgehead atoms. The molecule has 2 unspecified atom stereocenters. The van der Waals surface area contributed by atoms with Gasteiger partial charge in [0.2, 0.25) is 0 Å². The molecule has 1 aliphatic carbocycles. The Balaban J connectivity index is 2.02. The fourth-order valence-corrected chi connectivity index (χ4v) is 2.11. The van der Waals surface area contributed by atoms with Crippen LogP contribution in [0.5, 0.6) is 0 Å². The van der Waals surface area contributed by atoms with Crippen LogP contribution in [0.1, 0.15) is 24.8 Å². The molecule has 1 heterocycles. The number of aromatic nitrogens is 1. The second-order valence-corrected chi connectivity index (χ2v) is 4.05. The highest BCUT2D eigenvalue weighted by Gasteiger charge is 2.24. The van der Waals surface area contributed by atoms with Crippen molar-refractivity contribution in [2.45, 2.75) is 31.4 Å². The van der Waals surface area contributed by atoms with Crippen LogP contribution in [0.25, 0.3) is 0 Å². The summed E-state index contributed by atoms with van der Waals surface area (Å²) in [4.78, 5) is 4.03. The number of rotatable bonds is 3. The lowest BCUT2D eigenvalue weighted by molar-refractivity contribution is 0.108. The van der Waals surface area contributed by atoms with Crippen LogP contribution in [0.15, 0.2) is 18.5 Å². The smallest absolute Gasteiger partial charge is 0.101 e. The zero-order valence-corrected chi connectivity index (χ0v) is 9.31. The number of pyridine rings is 1. The van der Waals surface area contributed by atoms with Crippen molar-refractivity contribution in [2.24, 2.45) is 0 Å². The lowest BCUT2D eigenvalue weighted by Crippen LogP contribution is -2.18. The summed E-state index contributed by atoms with van der Waals surface area (Å²) in [6.45, 7) is 0. The van der Waals surface area contributed by atoms with Gasteiger partial charge < -0.3 is 10.1 Å². The van der Waals surface area contributed by atoms with E-state index in [4.69, 9.17) is 10.00 Å². The molecule has 1 saturated carbocycles. The number of methoxy groups -OCH3 is 1. The Hall–Kier alpha value is -1.60. The first-order valence-corrected chi connectivity index (χ1v) is 5.47. The van der Waals surface area contributed by atoms with Crippen molar-refractivity contribution in [2.75, 3.05) is 12.4 Å². The summed E-state index contributed by atoms with van der Waals surface area (Å²) in [5, 5.41) is 12.3.